The van der Waals surface area contributed by atoms with Crippen molar-refractivity contribution in [3.63, 3.8) is 0 Å². The van der Waals surface area contributed by atoms with Gasteiger partial charge in [-0.2, -0.15) is 9.35 Å². The molecule has 9 nitrogen and oxygen atoms in total. The lowest BCUT2D eigenvalue weighted by Gasteiger charge is -2.59. The number of hydroxylamine groups is 2. The third-order valence-electron chi connectivity index (χ3n) is 6.04. The Bertz CT molecular complexity index is 603. The third kappa shape index (κ3) is 2.94. The van der Waals surface area contributed by atoms with Gasteiger partial charge in [0.05, 0.1) is 6.04 Å². The fourth-order valence-corrected chi connectivity index (χ4v) is 5.15. The standard InChI is InChI=1S/C15H24N4O5S/c1-2-17-8-15(9-17)5-10(6-15)16-13(20)12-4-3-11-7-18(12)14(21)19(11)24-25(22)23/h10-12H,2-9H2,1H3,(H,16,20)(H,22,23)/p-1/t11-,12+/m1/s1. The Morgan fingerprint density at radius 1 is 1.40 bits per heavy atom. The van der Waals surface area contributed by atoms with Crippen molar-refractivity contribution in [3.05, 3.63) is 0 Å². The van der Waals surface area contributed by atoms with E-state index in [0.717, 1.165) is 37.5 Å². The van der Waals surface area contributed by atoms with Gasteiger partial charge in [0, 0.05) is 25.7 Å². The SMILES string of the molecule is CCN1CC2(CC(NC(=O)[C@@H]3CC[C@@H]4CN3C(=O)N4OS(=O)[O-])C2)C1. The fraction of sp³-hybridized carbons (Fsp3) is 0.867. The molecule has 4 rings (SSSR count). The summed E-state index contributed by atoms with van der Waals surface area (Å²) in [6.07, 6.45) is 3.08. The van der Waals surface area contributed by atoms with Gasteiger partial charge in [0.25, 0.3) is 0 Å². The van der Waals surface area contributed by atoms with Crippen LogP contribution in [0.4, 0.5) is 4.79 Å². The molecule has 0 aromatic rings. The van der Waals surface area contributed by atoms with Gasteiger partial charge in [0.15, 0.2) is 0 Å². The molecule has 0 aromatic carbocycles. The van der Waals surface area contributed by atoms with Crippen LogP contribution in [-0.2, 0) is 20.4 Å². The topological polar surface area (TPSA) is 105 Å². The zero-order chi connectivity index (χ0) is 17.8. The first kappa shape index (κ1) is 17.2. The maximum Gasteiger partial charge on any atom is 0.346 e. The van der Waals surface area contributed by atoms with Gasteiger partial charge in [0.1, 0.15) is 17.4 Å². The molecular formula is C15H23N4O5S-. The lowest BCUT2D eigenvalue weighted by molar-refractivity contribution is -0.131. The van der Waals surface area contributed by atoms with Gasteiger partial charge in [-0.3, -0.25) is 4.79 Å². The summed E-state index contributed by atoms with van der Waals surface area (Å²) in [6.45, 7) is 5.79. The number of carbonyl (C=O) groups excluding carboxylic acids is 2. The first-order valence-corrected chi connectivity index (χ1v) is 9.81. The molecule has 1 unspecified atom stereocenters. The number of carbonyl (C=O) groups is 2. The molecule has 1 N–H and O–H groups in total. The molecule has 1 spiro atoms. The van der Waals surface area contributed by atoms with Gasteiger partial charge < -0.3 is 19.7 Å². The number of amides is 3. The summed E-state index contributed by atoms with van der Waals surface area (Å²) in [5.74, 6) is -0.136. The fourth-order valence-electron chi connectivity index (χ4n) is 4.84. The number of rotatable bonds is 5. The largest absolute Gasteiger partial charge is 0.748 e. The maximum absolute atomic E-state index is 12.6. The van der Waals surface area contributed by atoms with Gasteiger partial charge in [-0.25, -0.2) is 9.00 Å². The Morgan fingerprint density at radius 3 is 2.76 bits per heavy atom. The highest BCUT2D eigenvalue weighted by molar-refractivity contribution is 7.74. The molecule has 0 radical (unpaired) electrons. The monoisotopic (exact) mass is 371 g/mol. The van der Waals surface area contributed by atoms with Crippen LogP contribution in [0.2, 0.25) is 0 Å². The number of nitrogens with zero attached hydrogens (tertiary/aromatic N) is 3. The quantitative estimate of drug-likeness (QED) is 0.658. The zero-order valence-corrected chi connectivity index (χ0v) is 15.0. The molecule has 4 fully saturated rings. The average Bonchev–Trinajstić information content (AvgIpc) is 2.73. The van der Waals surface area contributed by atoms with E-state index in [9.17, 15) is 18.4 Å². The van der Waals surface area contributed by atoms with Crippen molar-refractivity contribution in [2.75, 3.05) is 26.2 Å². The van der Waals surface area contributed by atoms with Crippen molar-refractivity contribution in [1.29, 1.82) is 0 Å². The van der Waals surface area contributed by atoms with E-state index in [1.54, 1.807) is 0 Å². The molecule has 25 heavy (non-hydrogen) atoms. The van der Waals surface area contributed by atoms with Crippen LogP contribution < -0.4 is 5.32 Å². The minimum atomic E-state index is -2.79. The normalized spacial score (nSPS) is 32.5. The van der Waals surface area contributed by atoms with Crippen molar-refractivity contribution in [1.82, 2.24) is 20.2 Å². The Balaban J connectivity index is 1.30. The van der Waals surface area contributed by atoms with Gasteiger partial charge in [-0.15, -0.1) is 0 Å². The van der Waals surface area contributed by atoms with Crippen molar-refractivity contribution in [2.24, 2.45) is 5.41 Å². The smallest absolute Gasteiger partial charge is 0.346 e. The van der Waals surface area contributed by atoms with Gasteiger partial charge in [-0.1, -0.05) is 6.92 Å². The number of fused-ring (bicyclic) bond motifs is 2. The van der Waals surface area contributed by atoms with E-state index >= 15 is 0 Å². The summed E-state index contributed by atoms with van der Waals surface area (Å²) in [5, 5.41) is 3.95. The average molecular weight is 371 g/mol. The molecule has 10 heteroatoms. The number of urea groups is 1. The molecular weight excluding hydrogens is 348 g/mol. The Labute approximate surface area is 149 Å². The first-order valence-electron chi connectivity index (χ1n) is 8.81. The lowest BCUT2D eigenvalue weighted by Crippen LogP contribution is -2.67. The highest BCUT2D eigenvalue weighted by Gasteiger charge is 2.53. The Morgan fingerprint density at radius 2 is 2.12 bits per heavy atom. The number of piperidine rings is 1. The van der Waals surface area contributed by atoms with Crippen LogP contribution in [0.5, 0.6) is 0 Å². The van der Waals surface area contributed by atoms with Crippen molar-refractivity contribution in [3.8, 4) is 0 Å². The summed E-state index contributed by atoms with van der Waals surface area (Å²) in [7, 11) is 0. The summed E-state index contributed by atoms with van der Waals surface area (Å²) in [4.78, 5) is 28.7. The maximum atomic E-state index is 12.6. The minimum Gasteiger partial charge on any atom is -0.748 e. The van der Waals surface area contributed by atoms with Crippen LogP contribution in [0.25, 0.3) is 0 Å². The minimum absolute atomic E-state index is 0.136. The van der Waals surface area contributed by atoms with Gasteiger partial charge >= 0.3 is 6.03 Å². The molecule has 3 atom stereocenters. The van der Waals surface area contributed by atoms with Crippen LogP contribution in [0.3, 0.4) is 0 Å². The summed E-state index contributed by atoms with van der Waals surface area (Å²) >= 11 is -2.79. The Hall–Kier alpha value is -1.23. The zero-order valence-electron chi connectivity index (χ0n) is 14.2. The third-order valence-corrected chi connectivity index (χ3v) is 6.32. The highest BCUT2D eigenvalue weighted by atomic mass is 32.2. The van der Waals surface area contributed by atoms with Crippen LogP contribution in [0, 0.1) is 5.41 Å². The van der Waals surface area contributed by atoms with Crippen molar-refractivity contribution < 1.29 is 22.6 Å². The summed E-state index contributed by atoms with van der Waals surface area (Å²) in [6, 6.07) is -1.21. The van der Waals surface area contributed by atoms with Crippen LogP contribution >= 0.6 is 0 Å². The molecule has 140 valence electrons. The highest BCUT2D eigenvalue weighted by Crippen LogP contribution is 2.48. The van der Waals surface area contributed by atoms with E-state index < -0.39 is 23.4 Å². The molecule has 3 aliphatic heterocycles. The second kappa shape index (κ2) is 6.19. The predicted octanol–water partition coefficient (Wildman–Crippen LogP) is -0.419. The first-order chi connectivity index (χ1) is 11.9. The van der Waals surface area contributed by atoms with Crippen molar-refractivity contribution in [2.45, 2.75) is 50.7 Å². The lowest BCUT2D eigenvalue weighted by atomic mass is 9.60. The van der Waals surface area contributed by atoms with E-state index in [2.05, 4.69) is 21.4 Å². The number of hydrogen-bond donors (Lipinski definition) is 1. The number of hydrogen-bond acceptors (Lipinski definition) is 6. The van der Waals surface area contributed by atoms with Crippen LogP contribution in [0.1, 0.15) is 32.6 Å². The van der Waals surface area contributed by atoms with Gasteiger partial charge in [0.2, 0.25) is 5.91 Å². The molecule has 0 aromatic heterocycles. The summed E-state index contributed by atoms with van der Waals surface area (Å²) in [5.41, 5.74) is 0.387. The van der Waals surface area contributed by atoms with E-state index in [4.69, 9.17) is 0 Å². The predicted molar refractivity (Wildman–Crippen MR) is 86.5 cm³/mol. The Kier molecular flexibility index (Phi) is 4.25. The summed E-state index contributed by atoms with van der Waals surface area (Å²) < 4.78 is 26.0. The molecule has 1 saturated carbocycles. The van der Waals surface area contributed by atoms with E-state index in [1.807, 2.05) is 0 Å². The molecule has 3 amide bonds. The molecule has 1 aliphatic carbocycles. The molecule has 4 aliphatic rings. The number of likely N-dealkylation sites (tertiary alicyclic amines) is 1. The van der Waals surface area contributed by atoms with E-state index in [0.29, 0.717) is 24.8 Å². The molecule has 3 heterocycles. The molecule has 2 bridgehead atoms. The number of nitrogens with one attached hydrogen (secondary N) is 1. The molecule has 3 saturated heterocycles. The van der Waals surface area contributed by atoms with Crippen molar-refractivity contribution >= 4 is 23.3 Å². The van der Waals surface area contributed by atoms with Crippen LogP contribution in [0.15, 0.2) is 0 Å². The van der Waals surface area contributed by atoms with E-state index in [-0.39, 0.29) is 18.0 Å². The van der Waals surface area contributed by atoms with Gasteiger partial charge in [-0.05, 0) is 37.6 Å². The second-order valence-corrected chi connectivity index (χ2v) is 8.26. The van der Waals surface area contributed by atoms with Crippen LogP contribution in [-0.4, -0.2) is 79.9 Å². The second-order valence-electron chi connectivity index (χ2n) is 7.70. The van der Waals surface area contributed by atoms with E-state index in [1.165, 1.54) is 4.90 Å².